The van der Waals surface area contributed by atoms with Crippen molar-refractivity contribution in [3.63, 3.8) is 0 Å². The predicted molar refractivity (Wildman–Crippen MR) is 73.8 cm³/mol. The maximum absolute atomic E-state index is 13.5. The molecule has 0 spiro atoms. The molecule has 104 valence electrons. The second-order valence-corrected chi connectivity index (χ2v) is 4.33. The number of carbonyl (C=O) groups excluding carboxylic acids is 1. The Bertz CT molecular complexity index is 836. The van der Waals surface area contributed by atoms with E-state index in [4.69, 9.17) is 0 Å². The summed E-state index contributed by atoms with van der Waals surface area (Å²) >= 11 is 0. The van der Waals surface area contributed by atoms with Crippen LogP contribution in [-0.4, -0.2) is 15.9 Å². The van der Waals surface area contributed by atoms with Crippen LogP contribution in [-0.2, 0) is 0 Å². The number of nitrogens with one attached hydrogen (secondary N) is 1. The van der Waals surface area contributed by atoms with Crippen molar-refractivity contribution in [2.45, 2.75) is 0 Å². The summed E-state index contributed by atoms with van der Waals surface area (Å²) in [5, 5.41) is 3.35. The highest BCUT2D eigenvalue weighted by molar-refractivity contribution is 6.05. The number of carbonyl (C=O) groups is 1. The Morgan fingerprint density at radius 1 is 1.05 bits per heavy atom. The number of amides is 1. The number of halogens is 2. The first kappa shape index (κ1) is 13.1. The summed E-state index contributed by atoms with van der Waals surface area (Å²) in [5.41, 5.74) is 0.850. The van der Waals surface area contributed by atoms with Crippen molar-refractivity contribution in [3.8, 4) is 0 Å². The van der Waals surface area contributed by atoms with E-state index in [1.807, 2.05) is 6.07 Å². The quantitative estimate of drug-likeness (QED) is 0.736. The van der Waals surface area contributed by atoms with Gasteiger partial charge in [-0.05, 0) is 30.3 Å². The van der Waals surface area contributed by atoms with Crippen molar-refractivity contribution < 1.29 is 13.6 Å². The van der Waals surface area contributed by atoms with Gasteiger partial charge in [-0.2, -0.15) is 4.39 Å². The molecule has 2 heterocycles. The van der Waals surface area contributed by atoms with Crippen LogP contribution in [0.4, 0.5) is 14.5 Å². The van der Waals surface area contributed by atoms with Crippen LogP contribution in [0.3, 0.4) is 0 Å². The average Bonchev–Trinajstić information content (AvgIpc) is 2.50. The van der Waals surface area contributed by atoms with Crippen molar-refractivity contribution >= 4 is 22.5 Å². The fourth-order valence-corrected chi connectivity index (χ4v) is 1.95. The number of fused-ring (bicyclic) bond motifs is 1. The number of rotatable bonds is 2. The average molecular weight is 285 g/mol. The van der Waals surface area contributed by atoms with Crippen LogP contribution in [0.1, 0.15) is 10.4 Å². The molecule has 0 aliphatic heterocycles. The fourth-order valence-electron chi connectivity index (χ4n) is 1.95. The molecule has 0 radical (unpaired) electrons. The molecular weight excluding hydrogens is 276 g/mol. The van der Waals surface area contributed by atoms with Gasteiger partial charge in [0.25, 0.3) is 5.91 Å². The molecule has 3 rings (SSSR count). The molecule has 0 unspecified atom stereocenters. The standard InChI is InChI=1S/C15H9F2N3O/c16-13-11(5-7-19-14(13)17)15(21)20-10-3-4-12-9(8-10)2-1-6-18-12/h1-8H,(H,20,21). The summed E-state index contributed by atoms with van der Waals surface area (Å²) in [5.74, 6) is -3.31. The lowest BCUT2D eigenvalue weighted by Gasteiger charge is -2.07. The Morgan fingerprint density at radius 2 is 1.90 bits per heavy atom. The van der Waals surface area contributed by atoms with Gasteiger partial charge in [-0.1, -0.05) is 6.07 Å². The summed E-state index contributed by atoms with van der Waals surface area (Å²) in [6, 6.07) is 9.81. The molecular formula is C15H9F2N3O. The number of pyridine rings is 2. The van der Waals surface area contributed by atoms with Crippen LogP contribution in [0.25, 0.3) is 10.9 Å². The molecule has 21 heavy (non-hydrogen) atoms. The van der Waals surface area contributed by atoms with E-state index >= 15 is 0 Å². The zero-order valence-electron chi connectivity index (χ0n) is 10.7. The second kappa shape index (κ2) is 5.24. The highest BCUT2D eigenvalue weighted by atomic mass is 19.2. The highest BCUT2D eigenvalue weighted by Gasteiger charge is 2.16. The summed E-state index contributed by atoms with van der Waals surface area (Å²) in [6.07, 6.45) is 2.70. The van der Waals surface area contributed by atoms with Gasteiger partial charge in [0.2, 0.25) is 5.95 Å². The molecule has 0 bridgehead atoms. The van der Waals surface area contributed by atoms with Crippen LogP contribution in [0, 0.1) is 11.8 Å². The molecule has 6 heteroatoms. The Labute approximate surface area is 118 Å². The lowest BCUT2D eigenvalue weighted by molar-refractivity contribution is 0.102. The summed E-state index contributed by atoms with van der Waals surface area (Å²) < 4.78 is 26.5. The third-order valence-electron chi connectivity index (χ3n) is 2.95. The first-order chi connectivity index (χ1) is 10.1. The minimum absolute atomic E-state index is 0.395. The van der Waals surface area contributed by atoms with E-state index in [9.17, 15) is 13.6 Å². The monoisotopic (exact) mass is 285 g/mol. The van der Waals surface area contributed by atoms with Gasteiger partial charge in [-0.3, -0.25) is 9.78 Å². The van der Waals surface area contributed by atoms with Gasteiger partial charge < -0.3 is 5.32 Å². The van der Waals surface area contributed by atoms with Crippen LogP contribution in [0.15, 0.2) is 48.8 Å². The number of anilines is 1. The van der Waals surface area contributed by atoms with Gasteiger partial charge in [0.1, 0.15) is 0 Å². The summed E-state index contributed by atoms with van der Waals surface area (Å²) in [7, 11) is 0. The lowest BCUT2D eigenvalue weighted by atomic mass is 10.2. The Balaban J connectivity index is 1.91. The Morgan fingerprint density at radius 3 is 2.76 bits per heavy atom. The van der Waals surface area contributed by atoms with Crippen molar-refractivity contribution in [3.05, 3.63) is 66.1 Å². The van der Waals surface area contributed by atoms with Gasteiger partial charge in [-0.15, -0.1) is 0 Å². The van der Waals surface area contributed by atoms with Crippen molar-refractivity contribution in [2.75, 3.05) is 5.32 Å². The molecule has 0 saturated heterocycles. The van der Waals surface area contributed by atoms with E-state index in [1.54, 1.807) is 30.5 Å². The fraction of sp³-hybridized carbons (Fsp3) is 0. The maximum atomic E-state index is 13.5. The Kier molecular flexibility index (Phi) is 3.27. The van der Waals surface area contributed by atoms with E-state index in [1.165, 1.54) is 0 Å². The molecule has 1 N–H and O–H groups in total. The molecule has 0 saturated carbocycles. The normalized spacial score (nSPS) is 10.6. The van der Waals surface area contributed by atoms with E-state index in [-0.39, 0.29) is 0 Å². The molecule has 2 aromatic heterocycles. The first-order valence-electron chi connectivity index (χ1n) is 6.11. The van der Waals surface area contributed by atoms with Crippen molar-refractivity contribution in [1.82, 2.24) is 9.97 Å². The highest BCUT2D eigenvalue weighted by Crippen LogP contribution is 2.18. The van der Waals surface area contributed by atoms with Gasteiger partial charge in [0.15, 0.2) is 5.82 Å². The summed E-state index contributed by atoms with van der Waals surface area (Å²) in [4.78, 5) is 19.3. The number of hydrogen-bond acceptors (Lipinski definition) is 3. The number of benzene rings is 1. The van der Waals surface area contributed by atoms with Gasteiger partial charge in [-0.25, -0.2) is 9.37 Å². The maximum Gasteiger partial charge on any atom is 0.258 e. The SMILES string of the molecule is O=C(Nc1ccc2ncccc2c1)c1ccnc(F)c1F. The van der Waals surface area contributed by atoms with Crippen LogP contribution in [0.2, 0.25) is 0 Å². The molecule has 0 atom stereocenters. The van der Waals surface area contributed by atoms with Gasteiger partial charge in [0.05, 0.1) is 11.1 Å². The second-order valence-electron chi connectivity index (χ2n) is 4.33. The third kappa shape index (κ3) is 2.55. The smallest absolute Gasteiger partial charge is 0.258 e. The minimum Gasteiger partial charge on any atom is -0.322 e. The number of nitrogens with zero attached hydrogens (tertiary/aromatic N) is 2. The topological polar surface area (TPSA) is 54.9 Å². The van der Waals surface area contributed by atoms with Crippen LogP contribution >= 0.6 is 0 Å². The van der Waals surface area contributed by atoms with E-state index in [0.717, 1.165) is 23.2 Å². The van der Waals surface area contributed by atoms with Gasteiger partial charge >= 0.3 is 0 Å². The third-order valence-corrected chi connectivity index (χ3v) is 2.95. The van der Waals surface area contributed by atoms with Crippen LogP contribution in [0.5, 0.6) is 0 Å². The Hall–Kier alpha value is -2.89. The molecule has 0 aliphatic rings. The molecule has 0 aliphatic carbocycles. The summed E-state index contributed by atoms with van der Waals surface area (Å²) in [6.45, 7) is 0. The molecule has 3 aromatic rings. The van der Waals surface area contributed by atoms with Crippen LogP contribution < -0.4 is 5.32 Å². The molecule has 1 amide bonds. The predicted octanol–water partition coefficient (Wildman–Crippen LogP) is 3.16. The number of hydrogen-bond donors (Lipinski definition) is 1. The van der Waals surface area contributed by atoms with Crippen molar-refractivity contribution in [1.29, 1.82) is 0 Å². The van der Waals surface area contributed by atoms with Crippen molar-refractivity contribution in [2.24, 2.45) is 0 Å². The van der Waals surface area contributed by atoms with E-state index in [2.05, 4.69) is 15.3 Å². The molecule has 4 nitrogen and oxygen atoms in total. The number of aromatic nitrogens is 2. The zero-order valence-corrected chi connectivity index (χ0v) is 10.7. The van der Waals surface area contributed by atoms with E-state index < -0.39 is 23.2 Å². The molecule has 1 aromatic carbocycles. The van der Waals surface area contributed by atoms with E-state index in [0.29, 0.717) is 5.69 Å². The van der Waals surface area contributed by atoms with Gasteiger partial charge in [0, 0.05) is 23.5 Å². The first-order valence-corrected chi connectivity index (χ1v) is 6.11. The minimum atomic E-state index is -1.30. The molecule has 0 fully saturated rings. The lowest BCUT2D eigenvalue weighted by Crippen LogP contribution is -2.15. The largest absolute Gasteiger partial charge is 0.322 e. The zero-order chi connectivity index (χ0) is 14.8.